The van der Waals surface area contributed by atoms with Crippen molar-refractivity contribution in [2.24, 2.45) is 0 Å². The van der Waals surface area contributed by atoms with Crippen molar-refractivity contribution in [3.8, 4) is 0 Å². The summed E-state index contributed by atoms with van der Waals surface area (Å²) in [5.74, 6) is 2.47. The number of nitrogens with one attached hydrogen (secondary N) is 2. The molecular formula is C14H16N6. The van der Waals surface area contributed by atoms with E-state index in [9.17, 15) is 0 Å². The highest BCUT2D eigenvalue weighted by Crippen LogP contribution is 2.38. The van der Waals surface area contributed by atoms with E-state index < -0.39 is 0 Å². The van der Waals surface area contributed by atoms with Crippen LogP contribution in [0.15, 0.2) is 37.1 Å². The molecule has 0 bridgehead atoms. The Labute approximate surface area is 116 Å². The van der Waals surface area contributed by atoms with E-state index in [2.05, 4.69) is 29.7 Å². The molecule has 1 aliphatic carbocycles. The normalized spacial score (nSPS) is 16.4. The SMILES string of the molecule is c1ccn(C(Cc2cnc[nH]2)c2n[nH]c(C3CC3)n2)c1. The van der Waals surface area contributed by atoms with E-state index in [-0.39, 0.29) is 6.04 Å². The molecule has 0 spiro atoms. The molecule has 20 heavy (non-hydrogen) atoms. The molecule has 1 aliphatic rings. The average molecular weight is 268 g/mol. The zero-order valence-electron chi connectivity index (χ0n) is 11.0. The van der Waals surface area contributed by atoms with Gasteiger partial charge in [0.15, 0.2) is 5.82 Å². The lowest BCUT2D eigenvalue weighted by Crippen LogP contribution is -2.14. The quantitative estimate of drug-likeness (QED) is 0.743. The van der Waals surface area contributed by atoms with E-state index in [0.29, 0.717) is 5.92 Å². The Morgan fingerprint density at radius 1 is 1.30 bits per heavy atom. The van der Waals surface area contributed by atoms with Crippen LogP contribution in [-0.4, -0.2) is 29.7 Å². The van der Waals surface area contributed by atoms with E-state index in [0.717, 1.165) is 23.8 Å². The van der Waals surface area contributed by atoms with Crippen molar-refractivity contribution >= 4 is 0 Å². The molecule has 0 radical (unpaired) electrons. The summed E-state index contributed by atoms with van der Waals surface area (Å²) in [4.78, 5) is 11.9. The first kappa shape index (κ1) is 11.5. The van der Waals surface area contributed by atoms with Crippen LogP contribution < -0.4 is 0 Å². The Kier molecular flexibility index (Phi) is 2.65. The number of hydrogen-bond donors (Lipinski definition) is 2. The highest BCUT2D eigenvalue weighted by Gasteiger charge is 2.29. The third kappa shape index (κ3) is 2.13. The van der Waals surface area contributed by atoms with Crippen molar-refractivity contribution in [1.29, 1.82) is 0 Å². The second-order valence-corrected chi connectivity index (χ2v) is 5.28. The van der Waals surface area contributed by atoms with Gasteiger partial charge in [0, 0.05) is 36.6 Å². The molecule has 0 aromatic carbocycles. The van der Waals surface area contributed by atoms with Gasteiger partial charge < -0.3 is 9.55 Å². The monoisotopic (exact) mass is 268 g/mol. The Hall–Kier alpha value is -2.37. The second-order valence-electron chi connectivity index (χ2n) is 5.28. The van der Waals surface area contributed by atoms with Gasteiger partial charge in [-0.1, -0.05) is 0 Å². The fourth-order valence-electron chi connectivity index (χ4n) is 2.47. The van der Waals surface area contributed by atoms with Crippen molar-refractivity contribution in [2.45, 2.75) is 31.2 Å². The third-order valence-corrected chi connectivity index (χ3v) is 3.74. The van der Waals surface area contributed by atoms with Gasteiger partial charge in [0.1, 0.15) is 11.9 Å². The maximum absolute atomic E-state index is 4.69. The molecule has 6 nitrogen and oxygen atoms in total. The molecule has 4 rings (SSSR count). The number of H-pyrrole nitrogens is 2. The molecule has 1 unspecified atom stereocenters. The van der Waals surface area contributed by atoms with Gasteiger partial charge in [-0.25, -0.2) is 9.97 Å². The number of rotatable bonds is 5. The van der Waals surface area contributed by atoms with Crippen LogP contribution in [0.3, 0.4) is 0 Å². The zero-order chi connectivity index (χ0) is 13.4. The summed E-state index contributed by atoms with van der Waals surface area (Å²) in [7, 11) is 0. The van der Waals surface area contributed by atoms with Crippen LogP contribution in [-0.2, 0) is 6.42 Å². The van der Waals surface area contributed by atoms with E-state index in [1.165, 1.54) is 12.8 Å². The van der Waals surface area contributed by atoms with Crippen LogP contribution in [0.2, 0.25) is 0 Å². The van der Waals surface area contributed by atoms with Crippen molar-refractivity contribution in [3.63, 3.8) is 0 Å². The average Bonchev–Trinajstić information content (AvgIpc) is 2.97. The lowest BCUT2D eigenvalue weighted by atomic mass is 10.1. The molecule has 1 atom stereocenters. The van der Waals surface area contributed by atoms with Gasteiger partial charge in [-0.05, 0) is 25.0 Å². The first-order valence-corrected chi connectivity index (χ1v) is 6.92. The molecule has 3 heterocycles. The maximum atomic E-state index is 4.69. The molecule has 6 heteroatoms. The summed E-state index contributed by atoms with van der Waals surface area (Å²) < 4.78 is 2.14. The van der Waals surface area contributed by atoms with Gasteiger partial charge in [0.05, 0.1) is 6.33 Å². The highest BCUT2D eigenvalue weighted by molar-refractivity contribution is 5.12. The minimum atomic E-state index is 0.0919. The smallest absolute Gasteiger partial charge is 0.173 e. The van der Waals surface area contributed by atoms with Crippen molar-refractivity contribution < 1.29 is 0 Å². The van der Waals surface area contributed by atoms with Crippen LogP contribution >= 0.6 is 0 Å². The van der Waals surface area contributed by atoms with Crippen LogP contribution in [0.5, 0.6) is 0 Å². The number of imidazole rings is 1. The van der Waals surface area contributed by atoms with Gasteiger partial charge >= 0.3 is 0 Å². The molecule has 1 fully saturated rings. The van der Waals surface area contributed by atoms with Crippen molar-refractivity contribution in [1.82, 2.24) is 29.7 Å². The number of hydrogen-bond acceptors (Lipinski definition) is 3. The maximum Gasteiger partial charge on any atom is 0.173 e. The van der Waals surface area contributed by atoms with Gasteiger partial charge in [-0.15, -0.1) is 0 Å². The summed E-state index contributed by atoms with van der Waals surface area (Å²) in [6.07, 6.45) is 10.9. The standard InChI is InChI=1S/C14H16N6/c1-2-6-20(5-1)12(7-11-8-15-9-16-11)14-17-13(18-19-14)10-3-4-10/h1-2,5-6,8-10,12H,3-4,7H2,(H,15,16)(H,17,18,19). The largest absolute Gasteiger partial charge is 0.348 e. The fraction of sp³-hybridized carbons (Fsp3) is 0.357. The third-order valence-electron chi connectivity index (χ3n) is 3.74. The number of aromatic nitrogens is 6. The molecule has 0 saturated heterocycles. The Morgan fingerprint density at radius 2 is 2.15 bits per heavy atom. The molecule has 1 saturated carbocycles. The lowest BCUT2D eigenvalue weighted by Gasteiger charge is -2.14. The van der Waals surface area contributed by atoms with Crippen molar-refractivity contribution in [2.75, 3.05) is 0 Å². The Balaban J connectivity index is 1.66. The molecule has 102 valence electrons. The van der Waals surface area contributed by atoms with Gasteiger partial charge in [-0.2, -0.15) is 5.10 Å². The summed E-state index contributed by atoms with van der Waals surface area (Å²) in [5, 5.41) is 7.51. The van der Waals surface area contributed by atoms with E-state index in [1.54, 1.807) is 6.33 Å². The summed E-state index contributed by atoms with van der Waals surface area (Å²) in [5.41, 5.74) is 1.08. The van der Waals surface area contributed by atoms with Crippen LogP contribution in [0.4, 0.5) is 0 Å². The minimum Gasteiger partial charge on any atom is -0.348 e. The minimum absolute atomic E-state index is 0.0919. The van der Waals surface area contributed by atoms with Gasteiger partial charge in [0.2, 0.25) is 0 Å². The summed E-state index contributed by atoms with van der Waals surface area (Å²) in [6, 6.07) is 4.14. The first-order chi connectivity index (χ1) is 9.90. The lowest BCUT2D eigenvalue weighted by molar-refractivity contribution is 0.547. The molecule has 3 aromatic heterocycles. The van der Waals surface area contributed by atoms with E-state index in [1.807, 2.05) is 30.7 Å². The Bertz CT molecular complexity index is 662. The highest BCUT2D eigenvalue weighted by atomic mass is 15.2. The second kappa shape index (κ2) is 4.63. The molecule has 2 N–H and O–H groups in total. The van der Waals surface area contributed by atoms with Crippen molar-refractivity contribution in [3.05, 3.63) is 54.4 Å². The van der Waals surface area contributed by atoms with E-state index >= 15 is 0 Å². The molecular weight excluding hydrogens is 252 g/mol. The predicted molar refractivity (Wildman–Crippen MR) is 73.2 cm³/mol. The predicted octanol–water partition coefficient (Wildman–Crippen LogP) is 2.04. The molecule has 0 amide bonds. The van der Waals surface area contributed by atoms with Gasteiger partial charge in [0.25, 0.3) is 0 Å². The Morgan fingerprint density at radius 3 is 2.85 bits per heavy atom. The number of nitrogens with zero attached hydrogens (tertiary/aromatic N) is 4. The van der Waals surface area contributed by atoms with Crippen LogP contribution in [0, 0.1) is 0 Å². The first-order valence-electron chi connectivity index (χ1n) is 6.92. The zero-order valence-corrected chi connectivity index (χ0v) is 11.0. The number of aromatic amines is 2. The van der Waals surface area contributed by atoms with Crippen LogP contribution in [0.1, 0.15) is 42.1 Å². The topological polar surface area (TPSA) is 75.2 Å². The van der Waals surface area contributed by atoms with Crippen LogP contribution in [0.25, 0.3) is 0 Å². The molecule has 0 aliphatic heterocycles. The summed E-state index contributed by atoms with van der Waals surface area (Å²) in [6.45, 7) is 0. The van der Waals surface area contributed by atoms with E-state index in [4.69, 9.17) is 0 Å². The van der Waals surface area contributed by atoms with Gasteiger partial charge in [-0.3, -0.25) is 5.10 Å². The summed E-state index contributed by atoms with van der Waals surface area (Å²) >= 11 is 0. The fourth-order valence-corrected chi connectivity index (χ4v) is 2.47. The molecule has 3 aromatic rings.